The second kappa shape index (κ2) is 6.01. The number of nitrogens with zero attached hydrogens (tertiary/aromatic N) is 1. The normalized spacial score (nSPS) is 27.2. The summed E-state index contributed by atoms with van der Waals surface area (Å²) >= 11 is 0. The smallest absolute Gasteiger partial charge is 0.115 e. The molecule has 1 aliphatic carbocycles. The number of aromatic hydroxyl groups is 1. The summed E-state index contributed by atoms with van der Waals surface area (Å²) in [7, 11) is 0. The van der Waals surface area contributed by atoms with E-state index in [1.165, 1.54) is 36.8 Å². The second-order valence-electron chi connectivity index (χ2n) is 7.29. The predicted octanol–water partition coefficient (Wildman–Crippen LogP) is 4.13. The van der Waals surface area contributed by atoms with E-state index in [2.05, 4.69) is 41.3 Å². The first-order valence-electron chi connectivity index (χ1n) is 8.83. The van der Waals surface area contributed by atoms with Gasteiger partial charge in [0.1, 0.15) is 5.75 Å². The maximum atomic E-state index is 9.87. The van der Waals surface area contributed by atoms with Crippen molar-refractivity contribution in [3.05, 3.63) is 65.7 Å². The lowest BCUT2D eigenvalue weighted by molar-refractivity contribution is 0.248. The Morgan fingerprint density at radius 1 is 1.09 bits per heavy atom. The Hall–Kier alpha value is -1.80. The van der Waals surface area contributed by atoms with Crippen LogP contribution in [0.15, 0.2) is 54.6 Å². The third-order valence-corrected chi connectivity index (χ3v) is 5.83. The van der Waals surface area contributed by atoms with Crippen LogP contribution >= 0.6 is 0 Å². The van der Waals surface area contributed by atoms with Crippen molar-refractivity contribution in [1.82, 2.24) is 4.90 Å². The van der Waals surface area contributed by atoms with Gasteiger partial charge in [-0.25, -0.2) is 0 Å². The predicted molar refractivity (Wildman–Crippen MR) is 93.8 cm³/mol. The van der Waals surface area contributed by atoms with Gasteiger partial charge in [0, 0.05) is 24.5 Å². The van der Waals surface area contributed by atoms with Gasteiger partial charge in [0.2, 0.25) is 0 Å². The fourth-order valence-electron chi connectivity index (χ4n) is 4.67. The van der Waals surface area contributed by atoms with E-state index in [-0.39, 0.29) is 5.41 Å². The molecule has 0 radical (unpaired) electrons. The lowest BCUT2D eigenvalue weighted by Crippen LogP contribution is -2.32. The van der Waals surface area contributed by atoms with E-state index >= 15 is 0 Å². The summed E-state index contributed by atoms with van der Waals surface area (Å²) in [6.45, 7) is 2.29. The van der Waals surface area contributed by atoms with E-state index in [4.69, 9.17) is 0 Å². The van der Waals surface area contributed by atoms with Gasteiger partial charge < -0.3 is 5.11 Å². The van der Waals surface area contributed by atoms with Crippen molar-refractivity contribution >= 4 is 0 Å². The molecule has 0 spiro atoms. The van der Waals surface area contributed by atoms with E-state index in [1.807, 2.05) is 12.1 Å². The Morgan fingerprint density at radius 2 is 1.96 bits per heavy atom. The van der Waals surface area contributed by atoms with Gasteiger partial charge in [-0.3, -0.25) is 4.90 Å². The minimum atomic E-state index is 0.262. The topological polar surface area (TPSA) is 23.5 Å². The van der Waals surface area contributed by atoms with Crippen molar-refractivity contribution in [3.63, 3.8) is 0 Å². The number of phenolic OH excluding ortho intramolecular Hbond substituents is 1. The maximum Gasteiger partial charge on any atom is 0.115 e. The molecule has 2 bridgehead atoms. The molecule has 2 aromatic rings. The number of hydrogen-bond donors (Lipinski definition) is 1. The molecule has 2 aromatic carbocycles. The van der Waals surface area contributed by atoms with Crippen molar-refractivity contribution < 1.29 is 5.11 Å². The molecule has 2 heteroatoms. The van der Waals surface area contributed by atoms with Crippen LogP contribution in [0.4, 0.5) is 0 Å². The summed E-state index contributed by atoms with van der Waals surface area (Å²) in [4.78, 5) is 2.70. The van der Waals surface area contributed by atoms with Gasteiger partial charge in [-0.05, 0) is 48.9 Å². The third kappa shape index (κ3) is 2.88. The molecule has 1 aliphatic heterocycles. The van der Waals surface area contributed by atoms with Crippen LogP contribution in [0, 0.1) is 0 Å². The van der Waals surface area contributed by atoms with Crippen LogP contribution < -0.4 is 0 Å². The molecule has 2 unspecified atom stereocenters. The van der Waals surface area contributed by atoms with Gasteiger partial charge >= 0.3 is 0 Å². The summed E-state index contributed by atoms with van der Waals surface area (Å²) in [5, 5.41) is 9.87. The van der Waals surface area contributed by atoms with E-state index in [1.54, 1.807) is 6.07 Å². The summed E-state index contributed by atoms with van der Waals surface area (Å²) in [5.41, 5.74) is 3.03. The van der Waals surface area contributed by atoms with Gasteiger partial charge in [0.05, 0.1) is 0 Å². The number of fused-ring (bicyclic) bond motifs is 2. The largest absolute Gasteiger partial charge is 0.508 e. The molecule has 0 amide bonds. The Kier molecular flexibility index (Phi) is 3.86. The lowest BCUT2D eigenvalue weighted by atomic mass is 9.71. The van der Waals surface area contributed by atoms with Crippen molar-refractivity contribution in [2.45, 2.75) is 43.6 Å². The fourth-order valence-corrected chi connectivity index (χ4v) is 4.67. The molecule has 1 N–H and O–H groups in total. The Labute approximate surface area is 138 Å². The molecule has 2 aliphatic rings. The molecule has 0 aromatic heterocycles. The summed E-state index contributed by atoms with van der Waals surface area (Å²) < 4.78 is 0. The first-order valence-corrected chi connectivity index (χ1v) is 8.83. The highest BCUT2D eigenvalue weighted by atomic mass is 16.3. The highest BCUT2D eigenvalue weighted by Crippen LogP contribution is 2.47. The molecule has 1 saturated heterocycles. The molecule has 2 fully saturated rings. The van der Waals surface area contributed by atoms with E-state index in [0.29, 0.717) is 5.75 Å². The van der Waals surface area contributed by atoms with Crippen LogP contribution in [0.5, 0.6) is 5.75 Å². The third-order valence-electron chi connectivity index (χ3n) is 5.83. The number of likely N-dealkylation sites (tertiary alicyclic amines) is 1. The van der Waals surface area contributed by atoms with Crippen LogP contribution in [-0.4, -0.2) is 29.1 Å². The second-order valence-corrected chi connectivity index (χ2v) is 7.29. The molecule has 4 rings (SSSR count). The zero-order valence-corrected chi connectivity index (χ0v) is 13.6. The van der Waals surface area contributed by atoms with E-state index in [9.17, 15) is 5.11 Å². The van der Waals surface area contributed by atoms with Crippen LogP contribution in [0.3, 0.4) is 0 Å². The minimum Gasteiger partial charge on any atom is -0.508 e. The first kappa shape index (κ1) is 14.8. The number of phenols is 1. The zero-order chi connectivity index (χ0) is 15.7. The monoisotopic (exact) mass is 307 g/mol. The molecular weight excluding hydrogens is 282 g/mol. The SMILES string of the molecule is Oc1cccc(C23CCCC(C2)N(CCc2ccccc2)C3)c1. The molecule has 2 atom stereocenters. The van der Waals surface area contributed by atoms with E-state index < -0.39 is 0 Å². The zero-order valence-electron chi connectivity index (χ0n) is 13.6. The quantitative estimate of drug-likeness (QED) is 0.918. The lowest BCUT2D eigenvalue weighted by Gasteiger charge is -2.32. The van der Waals surface area contributed by atoms with Gasteiger partial charge in [0.15, 0.2) is 0 Å². The molecule has 23 heavy (non-hydrogen) atoms. The standard InChI is InChI=1S/C21H25NO/c23-20-10-4-8-18(14-20)21-12-5-9-19(15-21)22(16-21)13-11-17-6-2-1-3-7-17/h1-4,6-8,10,14,19,23H,5,9,11-13,15-16H2. The summed E-state index contributed by atoms with van der Waals surface area (Å²) in [6.07, 6.45) is 6.28. The molecule has 120 valence electrons. The first-order chi connectivity index (χ1) is 11.3. The average molecular weight is 307 g/mol. The summed E-state index contributed by atoms with van der Waals surface area (Å²) in [5.74, 6) is 0.404. The summed E-state index contributed by atoms with van der Waals surface area (Å²) in [6, 6.07) is 19.5. The highest BCUT2D eigenvalue weighted by molar-refractivity contribution is 5.35. The van der Waals surface area contributed by atoms with Gasteiger partial charge in [-0.15, -0.1) is 0 Å². The number of rotatable bonds is 4. The Morgan fingerprint density at radius 3 is 2.78 bits per heavy atom. The van der Waals surface area contributed by atoms with Crippen LogP contribution in [0.2, 0.25) is 0 Å². The van der Waals surface area contributed by atoms with Gasteiger partial charge in [0.25, 0.3) is 0 Å². The Balaban J connectivity index is 1.51. The van der Waals surface area contributed by atoms with Crippen molar-refractivity contribution in [2.24, 2.45) is 0 Å². The number of hydrogen-bond acceptors (Lipinski definition) is 2. The molecular formula is C21H25NO. The average Bonchev–Trinajstić information content (AvgIpc) is 2.85. The fraction of sp³-hybridized carbons (Fsp3) is 0.429. The van der Waals surface area contributed by atoms with Crippen molar-refractivity contribution in [2.75, 3.05) is 13.1 Å². The maximum absolute atomic E-state index is 9.87. The molecule has 1 saturated carbocycles. The van der Waals surface area contributed by atoms with Crippen LogP contribution in [-0.2, 0) is 11.8 Å². The van der Waals surface area contributed by atoms with Gasteiger partial charge in [-0.1, -0.05) is 48.9 Å². The van der Waals surface area contributed by atoms with Crippen LogP contribution in [0.1, 0.15) is 36.8 Å². The van der Waals surface area contributed by atoms with Crippen LogP contribution in [0.25, 0.3) is 0 Å². The molecule has 2 nitrogen and oxygen atoms in total. The van der Waals surface area contributed by atoms with E-state index in [0.717, 1.165) is 25.6 Å². The van der Waals surface area contributed by atoms with Gasteiger partial charge in [-0.2, -0.15) is 0 Å². The number of benzene rings is 2. The minimum absolute atomic E-state index is 0.262. The van der Waals surface area contributed by atoms with Crippen molar-refractivity contribution in [1.29, 1.82) is 0 Å². The van der Waals surface area contributed by atoms with Crippen molar-refractivity contribution in [3.8, 4) is 5.75 Å². The Bertz CT molecular complexity index is 669. The highest BCUT2D eigenvalue weighted by Gasteiger charge is 2.47. The molecule has 1 heterocycles.